The fraction of sp³-hybridized carbons (Fsp3) is 0.105. The van der Waals surface area contributed by atoms with E-state index in [1.807, 2.05) is 73.8 Å². The number of thiophene rings is 1. The molecule has 0 saturated carbocycles. The number of hydrogen-bond acceptors (Lipinski definition) is 4. The Bertz CT molecular complexity index is 817. The Hall–Kier alpha value is -2.59. The van der Waals surface area contributed by atoms with Crippen molar-refractivity contribution in [3.05, 3.63) is 81.6 Å². The van der Waals surface area contributed by atoms with Gasteiger partial charge in [0, 0.05) is 5.57 Å². The van der Waals surface area contributed by atoms with Gasteiger partial charge in [-0.2, -0.15) is 5.11 Å². The van der Waals surface area contributed by atoms with Crippen LogP contribution in [-0.2, 0) is 4.79 Å². The van der Waals surface area contributed by atoms with Crippen molar-refractivity contribution in [1.82, 2.24) is 0 Å². The Balaban J connectivity index is 2.09. The standard InChI is InChI=1S/C19H16N2OS/c1-13-11-15(12-14(2)19(13)22)18(17-9-6-10-23-17)21-20-16-7-4-3-5-8-16/h3-12H,1-2H3. The van der Waals surface area contributed by atoms with Crippen LogP contribution in [0, 0.1) is 0 Å². The molecule has 23 heavy (non-hydrogen) atoms. The fourth-order valence-corrected chi connectivity index (χ4v) is 3.08. The van der Waals surface area contributed by atoms with E-state index in [1.165, 1.54) is 0 Å². The van der Waals surface area contributed by atoms with Crippen LogP contribution in [0.4, 0.5) is 5.69 Å². The van der Waals surface area contributed by atoms with E-state index in [2.05, 4.69) is 10.2 Å². The van der Waals surface area contributed by atoms with Crippen molar-refractivity contribution in [2.75, 3.05) is 0 Å². The lowest BCUT2D eigenvalue weighted by Gasteiger charge is -2.11. The lowest BCUT2D eigenvalue weighted by molar-refractivity contribution is -0.112. The van der Waals surface area contributed by atoms with E-state index in [-0.39, 0.29) is 5.78 Å². The van der Waals surface area contributed by atoms with Gasteiger partial charge in [0.2, 0.25) is 0 Å². The van der Waals surface area contributed by atoms with Gasteiger partial charge in [0.25, 0.3) is 0 Å². The lowest BCUT2D eigenvalue weighted by atomic mass is 9.94. The molecule has 2 aromatic rings. The van der Waals surface area contributed by atoms with Gasteiger partial charge in [0.05, 0.1) is 10.6 Å². The first-order valence-corrected chi connectivity index (χ1v) is 8.19. The summed E-state index contributed by atoms with van der Waals surface area (Å²) in [5, 5.41) is 10.8. The van der Waals surface area contributed by atoms with Gasteiger partial charge in [-0.1, -0.05) is 24.3 Å². The fourth-order valence-electron chi connectivity index (χ4n) is 2.35. The van der Waals surface area contributed by atoms with Crippen LogP contribution in [0.1, 0.15) is 18.7 Å². The highest BCUT2D eigenvalue weighted by atomic mass is 32.1. The van der Waals surface area contributed by atoms with E-state index in [9.17, 15) is 4.79 Å². The molecule has 1 heterocycles. The number of azo groups is 1. The highest BCUT2D eigenvalue weighted by Crippen LogP contribution is 2.31. The molecule has 1 aromatic heterocycles. The molecule has 0 aliphatic heterocycles. The minimum absolute atomic E-state index is 0.0827. The van der Waals surface area contributed by atoms with E-state index in [4.69, 9.17) is 0 Å². The van der Waals surface area contributed by atoms with Crippen LogP contribution in [0.2, 0.25) is 0 Å². The predicted octanol–water partition coefficient (Wildman–Crippen LogP) is 5.72. The summed E-state index contributed by atoms with van der Waals surface area (Å²) in [7, 11) is 0. The molecule has 114 valence electrons. The molecule has 1 aliphatic rings. The average Bonchev–Trinajstić information content (AvgIpc) is 3.08. The summed E-state index contributed by atoms with van der Waals surface area (Å²) < 4.78 is 0. The molecule has 0 amide bonds. The number of allylic oxidation sites excluding steroid dienone is 5. The molecule has 1 aliphatic carbocycles. The quantitative estimate of drug-likeness (QED) is 0.667. The molecule has 0 saturated heterocycles. The van der Waals surface area contributed by atoms with Crippen molar-refractivity contribution in [1.29, 1.82) is 0 Å². The lowest BCUT2D eigenvalue weighted by Crippen LogP contribution is -2.06. The molecule has 0 spiro atoms. The Kier molecular flexibility index (Phi) is 4.44. The van der Waals surface area contributed by atoms with Crippen LogP contribution in [-0.4, -0.2) is 5.78 Å². The third-order valence-electron chi connectivity index (χ3n) is 3.51. The number of rotatable bonds is 3. The molecular weight excluding hydrogens is 304 g/mol. The number of benzene rings is 1. The summed E-state index contributed by atoms with van der Waals surface area (Å²) >= 11 is 1.61. The average molecular weight is 320 g/mol. The second-order valence-electron chi connectivity index (χ2n) is 5.30. The van der Waals surface area contributed by atoms with Crippen molar-refractivity contribution in [2.24, 2.45) is 10.2 Å². The molecule has 0 fully saturated rings. The van der Waals surface area contributed by atoms with E-state index in [0.29, 0.717) is 0 Å². The number of carbonyl (C=O) groups excluding carboxylic acids is 1. The first kappa shape index (κ1) is 15.3. The highest BCUT2D eigenvalue weighted by molar-refractivity contribution is 7.11. The first-order chi connectivity index (χ1) is 11.1. The molecule has 3 rings (SSSR count). The van der Waals surface area contributed by atoms with Gasteiger partial charge >= 0.3 is 0 Å². The van der Waals surface area contributed by atoms with Crippen molar-refractivity contribution in [3.8, 4) is 0 Å². The van der Waals surface area contributed by atoms with Crippen LogP contribution < -0.4 is 0 Å². The zero-order valence-corrected chi connectivity index (χ0v) is 13.8. The van der Waals surface area contributed by atoms with Gasteiger partial charge in [-0.25, -0.2) is 0 Å². The zero-order valence-electron chi connectivity index (χ0n) is 13.0. The van der Waals surface area contributed by atoms with Crippen LogP contribution in [0.15, 0.2) is 86.9 Å². The van der Waals surface area contributed by atoms with Crippen molar-refractivity contribution < 1.29 is 4.79 Å². The van der Waals surface area contributed by atoms with Crippen LogP contribution >= 0.6 is 11.3 Å². The van der Waals surface area contributed by atoms with Gasteiger partial charge in [-0.05, 0) is 60.7 Å². The Labute approximate surface area is 139 Å². The van der Waals surface area contributed by atoms with Crippen molar-refractivity contribution in [2.45, 2.75) is 13.8 Å². The zero-order chi connectivity index (χ0) is 16.2. The van der Waals surface area contributed by atoms with E-state index < -0.39 is 0 Å². The monoisotopic (exact) mass is 320 g/mol. The van der Waals surface area contributed by atoms with E-state index >= 15 is 0 Å². The van der Waals surface area contributed by atoms with E-state index in [0.717, 1.165) is 33.0 Å². The normalized spacial score (nSPS) is 14.9. The van der Waals surface area contributed by atoms with Crippen molar-refractivity contribution in [3.63, 3.8) is 0 Å². The number of nitrogens with zero attached hydrogens (tertiary/aromatic N) is 2. The summed E-state index contributed by atoms with van der Waals surface area (Å²) in [4.78, 5) is 13.0. The Morgan fingerprint density at radius 3 is 2.26 bits per heavy atom. The molecule has 0 bridgehead atoms. The molecular formula is C19H16N2OS. The van der Waals surface area contributed by atoms with Crippen LogP contribution in [0.5, 0.6) is 0 Å². The molecule has 1 aromatic carbocycles. The minimum Gasteiger partial charge on any atom is -0.289 e. The third kappa shape index (κ3) is 3.43. The number of ketones is 1. The highest BCUT2D eigenvalue weighted by Gasteiger charge is 2.17. The molecule has 4 heteroatoms. The third-order valence-corrected chi connectivity index (χ3v) is 4.39. The van der Waals surface area contributed by atoms with Crippen LogP contribution in [0.3, 0.4) is 0 Å². The smallest absolute Gasteiger partial charge is 0.184 e. The van der Waals surface area contributed by atoms with Crippen LogP contribution in [0.25, 0.3) is 5.70 Å². The summed E-state index contributed by atoms with van der Waals surface area (Å²) in [6.45, 7) is 3.67. The molecule has 0 radical (unpaired) electrons. The van der Waals surface area contributed by atoms with Gasteiger partial charge in [-0.3, -0.25) is 4.79 Å². The van der Waals surface area contributed by atoms with E-state index in [1.54, 1.807) is 11.3 Å². The maximum Gasteiger partial charge on any atom is 0.184 e. The number of carbonyl (C=O) groups is 1. The van der Waals surface area contributed by atoms with Crippen molar-refractivity contribution >= 4 is 28.5 Å². The molecule has 0 unspecified atom stereocenters. The maximum atomic E-state index is 11.9. The predicted molar refractivity (Wildman–Crippen MR) is 94.7 cm³/mol. The summed E-state index contributed by atoms with van der Waals surface area (Å²) in [6, 6.07) is 13.6. The summed E-state index contributed by atoms with van der Waals surface area (Å²) in [5.74, 6) is 0.0827. The molecule has 0 atom stereocenters. The topological polar surface area (TPSA) is 41.8 Å². The van der Waals surface area contributed by atoms with Gasteiger partial charge < -0.3 is 0 Å². The molecule has 3 nitrogen and oxygen atoms in total. The Morgan fingerprint density at radius 1 is 0.957 bits per heavy atom. The van der Waals surface area contributed by atoms with Gasteiger partial charge in [0.15, 0.2) is 5.78 Å². The first-order valence-electron chi connectivity index (χ1n) is 7.31. The Morgan fingerprint density at radius 2 is 1.65 bits per heavy atom. The second kappa shape index (κ2) is 6.67. The number of hydrogen-bond donors (Lipinski definition) is 0. The van der Waals surface area contributed by atoms with Gasteiger partial charge in [-0.15, -0.1) is 16.5 Å². The molecule has 0 N–H and O–H groups in total. The SMILES string of the molecule is CC1=CC(=C(N=Nc2ccccc2)c2cccs2)C=C(C)C1=O. The minimum atomic E-state index is 0.0827. The summed E-state index contributed by atoms with van der Waals surface area (Å²) in [6.07, 6.45) is 3.77. The largest absolute Gasteiger partial charge is 0.289 e. The maximum absolute atomic E-state index is 11.9. The number of Topliss-reactive ketones (excluding diaryl/α,β-unsaturated/α-hetero) is 1. The summed E-state index contributed by atoms with van der Waals surface area (Å²) in [5.41, 5.74) is 3.96. The second-order valence-corrected chi connectivity index (χ2v) is 6.25. The van der Waals surface area contributed by atoms with Gasteiger partial charge in [0.1, 0.15) is 5.70 Å².